The highest BCUT2D eigenvalue weighted by molar-refractivity contribution is 5.77. The van der Waals surface area contributed by atoms with Gasteiger partial charge in [0.1, 0.15) is 5.82 Å². The molecule has 3 saturated heterocycles. The van der Waals surface area contributed by atoms with E-state index in [1.807, 2.05) is 6.92 Å². The molecule has 0 aliphatic carbocycles. The number of H-pyrrole nitrogens is 2. The number of rotatable bonds is 5. The van der Waals surface area contributed by atoms with Crippen molar-refractivity contribution in [3.8, 4) is 0 Å². The third-order valence-electron chi connectivity index (χ3n) is 5.62. The normalized spacial score (nSPS) is 23.4. The molecule has 3 aliphatic rings. The van der Waals surface area contributed by atoms with Crippen LogP contribution in [0.5, 0.6) is 0 Å². The summed E-state index contributed by atoms with van der Waals surface area (Å²) in [6, 6.07) is 0.314. The van der Waals surface area contributed by atoms with Crippen molar-refractivity contribution in [2.75, 3.05) is 19.6 Å². The molecule has 1 amide bonds. The largest absolute Gasteiger partial charge is 0.348 e. The molecule has 0 unspecified atom stereocenters. The number of fused-ring (bicyclic) bond motifs is 4. The first-order chi connectivity index (χ1) is 12.6. The zero-order chi connectivity index (χ0) is 18.1. The minimum atomic E-state index is 0.236. The number of imidazole rings is 1. The van der Waals surface area contributed by atoms with Gasteiger partial charge in [0, 0.05) is 50.8 Å². The van der Waals surface area contributed by atoms with E-state index in [1.165, 1.54) is 6.42 Å². The van der Waals surface area contributed by atoms with Gasteiger partial charge in [-0.2, -0.15) is 5.10 Å². The lowest BCUT2D eigenvalue weighted by molar-refractivity contribution is -0.135. The molecule has 0 radical (unpaired) electrons. The molecule has 2 N–H and O–H groups in total. The quantitative estimate of drug-likeness (QED) is 0.839. The molecular weight excluding hydrogens is 330 g/mol. The summed E-state index contributed by atoms with van der Waals surface area (Å²) in [6.07, 6.45) is 5.17. The van der Waals surface area contributed by atoms with Crippen LogP contribution in [0.4, 0.5) is 0 Å². The van der Waals surface area contributed by atoms with Crippen molar-refractivity contribution in [1.82, 2.24) is 34.9 Å². The van der Waals surface area contributed by atoms with Crippen molar-refractivity contribution in [2.24, 2.45) is 5.92 Å². The summed E-state index contributed by atoms with van der Waals surface area (Å²) < 4.78 is 0. The van der Waals surface area contributed by atoms with Crippen LogP contribution < -0.4 is 0 Å². The number of aryl methyl sites for hydroxylation is 3. The van der Waals surface area contributed by atoms with E-state index in [1.54, 1.807) is 6.33 Å². The molecule has 8 heteroatoms. The van der Waals surface area contributed by atoms with E-state index < -0.39 is 0 Å². The molecule has 26 heavy (non-hydrogen) atoms. The van der Waals surface area contributed by atoms with Gasteiger partial charge >= 0.3 is 0 Å². The van der Waals surface area contributed by atoms with Gasteiger partial charge in [-0.3, -0.25) is 14.8 Å². The Bertz CT molecular complexity index is 767. The van der Waals surface area contributed by atoms with Crippen molar-refractivity contribution in [3.05, 3.63) is 29.4 Å². The van der Waals surface area contributed by atoms with E-state index in [2.05, 4.69) is 41.9 Å². The standard InChI is InChI=1S/C18H27N7O/c1-12-16(20-11-19-12)10-24-7-14-3-4-15(9-24)25(8-14)18(26)6-5-17-21-13(2)22-23-17/h11,14-15H,3-10H2,1-2H3,(H,19,20)(H,21,22,23)/t14-,15+/m0/s1. The molecule has 140 valence electrons. The predicted molar refractivity (Wildman–Crippen MR) is 96.3 cm³/mol. The summed E-state index contributed by atoms with van der Waals surface area (Å²) in [6.45, 7) is 7.67. The SMILES string of the molecule is Cc1nc(CCC(=O)N2C[C@H]3CC[C@@H]2CN(Cc2nc[nH]c2C)C3)n[nH]1. The number of hydrogen-bond donors (Lipinski definition) is 2. The Balaban J connectivity index is 1.38. The van der Waals surface area contributed by atoms with E-state index in [0.29, 0.717) is 24.8 Å². The Labute approximate surface area is 153 Å². The highest BCUT2D eigenvalue weighted by atomic mass is 16.2. The number of hydrogen-bond acceptors (Lipinski definition) is 5. The minimum Gasteiger partial charge on any atom is -0.348 e. The van der Waals surface area contributed by atoms with Crippen LogP contribution in [0.3, 0.4) is 0 Å². The Morgan fingerprint density at radius 2 is 2.15 bits per heavy atom. The van der Waals surface area contributed by atoms with Crippen LogP contribution in [0, 0.1) is 19.8 Å². The molecule has 3 aliphatic heterocycles. The molecule has 2 aromatic heterocycles. The number of nitrogens with zero attached hydrogens (tertiary/aromatic N) is 5. The molecule has 5 rings (SSSR count). The Morgan fingerprint density at radius 3 is 2.88 bits per heavy atom. The summed E-state index contributed by atoms with van der Waals surface area (Å²) in [5, 5.41) is 6.98. The summed E-state index contributed by atoms with van der Waals surface area (Å²) in [7, 11) is 0. The smallest absolute Gasteiger partial charge is 0.223 e. The van der Waals surface area contributed by atoms with Gasteiger partial charge in [-0.15, -0.1) is 0 Å². The molecule has 2 bridgehead atoms. The minimum absolute atomic E-state index is 0.236. The second-order valence-corrected chi connectivity index (χ2v) is 7.65. The van der Waals surface area contributed by atoms with Crippen molar-refractivity contribution in [2.45, 2.75) is 52.1 Å². The Kier molecular flexibility index (Phi) is 4.76. The maximum absolute atomic E-state index is 12.8. The fourth-order valence-corrected chi connectivity index (χ4v) is 4.24. The van der Waals surface area contributed by atoms with Crippen molar-refractivity contribution >= 4 is 5.91 Å². The predicted octanol–water partition coefficient (Wildman–Crippen LogP) is 1.20. The van der Waals surface area contributed by atoms with E-state index in [4.69, 9.17) is 0 Å². The number of nitrogens with one attached hydrogen (secondary N) is 2. The number of aromatic amines is 2. The van der Waals surface area contributed by atoms with Gasteiger partial charge in [0.15, 0.2) is 5.82 Å². The second-order valence-electron chi connectivity index (χ2n) is 7.65. The summed E-state index contributed by atoms with van der Waals surface area (Å²) in [5.41, 5.74) is 2.25. The van der Waals surface area contributed by atoms with Gasteiger partial charge < -0.3 is 9.88 Å². The van der Waals surface area contributed by atoms with Gasteiger partial charge in [0.2, 0.25) is 5.91 Å². The van der Waals surface area contributed by atoms with Gasteiger partial charge in [0.05, 0.1) is 12.0 Å². The third kappa shape index (κ3) is 3.65. The first kappa shape index (κ1) is 17.2. The molecular formula is C18H27N7O. The average Bonchev–Trinajstić information content (AvgIpc) is 3.11. The maximum atomic E-state index is 12.8. The topological polar surface area (TPSA) is 93.8 Å². The highest BCUT2D eigenvalue weighted by Crippen LogP contribution is 2.29. The fraction of sp³-hybridized carbons (Fsp3) is 0.667. The van der Waals surface area contributed by atoms with E-state index >= 15 is 0 Å². The molecule has 0 spiro atoms. The number of carbonyl (C=O) groups is 1. The van der Waals surface area contributed by atoms with E-state index in [9.17, 15) is 4.79 Å². The zero-order valence-corrected chi connectivity index (χ0v) is 15.5. The van der Waals surface area contributed by atoms with E-state index in [0.717, 1.165) is 55.6 Å². The Morgan fingerprint density at radius 1 is 1.27 bits per heavy atom. The monoisotopic (exact) mass is 357 g/mol. The second kappa shape index (κ2) is 7.19. The van der Waals surface area contributed by atoms with Crippen molar-refractivity contribution in [1.29, 1.82) is 0 Å². The summed E-state index contributed by atoms with van der Waals surface area (Å²) in [5.74, 6) is 2.32. The van der Waals surface area contributed by atoms with Gasteiger partial charge in [-0.25, -0.2) is 9.97 Å². The summed E-state index contributed by atoms with van der Waals surface area (Å²) in [4.78, 5) is 29.3. The van der Waals surface area contributed by atoms with Crippen molar-refractivity contribution in [3.63, 3.8) is 0 Å². The zero-order valence-electron chi connectivity index (χ0n) is 15.5. The van der Waals surface area contributed by atoms with Crippen LogP contribution in [0.15, 0.2) is 6.33 Å². The number of amides is 1. The van der Waals surface area contributed by atoms with Crippen molar-refractivity contribution < 1.29 is 4.79 Å². The average molecular weight is 357 g/mol. The first-order valence-corrected chi connectivity index (χ1v) is 9.47. The van der Waals surface area contributed by atoms with E-state index in [-0.39, 0.29) is 5.91 Å². The fourth-order valence-electron chi connectivity index (χ4n) is 4.24. The van der Waals surface area contributed by atoms with Crippen LogP contribution in [0.2, 0.25) is 0 Å². The molecule has 0 saturated carbocycles. The first-order valence-electron chi connectivity index (χ1n) is 9.47. The number of aromatic nitrogens is 5. The van der Waals surface area contributed by atoms with Gasteiger partial charge in [-0.05, 0) is 32.6 Å². The van der Waals surface area contributed by atoms with Crippen LogP contribution in [-0.2, 0) is 17.8 Å². The lowest BCUT2D eigenvalue weighted by Gasteiger charge is -2.36. The van der Waals surface area contributed by atoms with Crippen LogP contribution in [0.1, 0.15) is 42.3 Å². The van der Waals surface area contributed by atoms with Gasteiger partial charge in [0.25, 0.3) is 0 Å². The number of piperidine rings is 1. The molecule has 8 nitrogen and oxygen atoms in total. The maximum Gasteiger partial charge on any atom is 0.223 e. The molecule has 2 aromatic rings. The van der Waals surface area contributed by atoms with Gasteiger partial charge in [-0.1, -0.05) is 0 Å². The summed E-state index contributed by atoms with van der Waals surface area (Å²) >= 11 is 0. The highest BCUT2D eigenvalue weighted by Gasteiger charge is 2.37. The van der Waals surface area contributed by atoms with Crippen LogP contribution in [-0.4, -0.2) is 66.5 Å². The lowest BCUT2D eigenvalue weighted by atomic mass is 9.94. The lowest BCUT2D eigenvalue weighted by Crippen LogP contribution is -2.47. The van der Waals surface area contributed by atoms with Crippen LogP contribution >= 0.6 is 0 Å². The van der Waals surface area contributed by atoms with Crippen LogP contribution in [0.25, 0.3) is 0 Å². The molecule has 0 aromatic carbocycles. The molecule has 3 fully saturated rings. The number of carbonyl (C=O) groups excluding carboxylic acids is 1. The Hall–Kier alpha value is -2.22. The molecule has 2 atom stereocenters. The third-order valence-corrected chi connectivity index (χ3v) is 5.62. The molecule has 5 heterocycles.